The highest BCUT2D eigenvalue weighted by molar-refractivity contribution is 6.46. The van der Waals surface area contributed by atoms with Crippen LogP contribution >= 0.6 is 0 Å². The average Bonchev–Trinajstić information content (AvgIpc) is 3.05. The van der Waals surface area contributed by atoms with Gasteiger partial charge < -0.3 is 14.7 Å². The van der Waals surface area contributed by atoms with Gasteiger partial charge in [-0.1, -0.05) is 6.07 Å². The molecule has 1 aromatic heterocycles. The fourth-order valence-electron chi connectivity index (χ4n) is 4.01. The molecule has 2 aromatic rings. The van der Waals surface area contributed by atoms with E-state index < -0.39 is 23.5 Å². The fourth-order valence-corrected chi connectivity index (χ4v) is 4.01. The Hall–Kier alpha value is -3.10. The summed E-state index contributed by atoms with van der Waals surface area (Å²) in [4.78, 5) is 33.9. The van der Waals surface area contributed by atoms with Crippen molar-refractivity contribution in [1.29, 1.82) is 0 Å². The summed E-state index contributed by atoms with van der Waals surface area (Å²) >= 11 is 0. The van der Waals surface area contributed by atoms with Gasteiger partial charge in [-0.15, -0.1) is 0 Å². The molecule has 7 nitrogen and oxygen atoms in total. The standard InChI is InChI=1S/C23H24FN3O4/c24-17-7-5-16(6-8-17)21(28)19-20(18-4-1-2-9-25-18)27(23(30)22(19)29)11-3-10-26-12-14-31-15-13-26/h1-2,4-9,20,28H,3,10-15H2. The number of aliphatic hydroxyl groups is 1. The maximum Gasteiger partial charge on any atom is 0.295 e. The third kappa shape index (κ3) is 4.50. The molecule has 0 aliphatic carbocycles. The molecule has 0 saturated carbocycles. The lowest BCUT2D eigenvalue weighted by Crippen LogP contribution is -2.39. The zero-order valence-corrected chi connectivity index (χ0v) is 17.0. The van der Waals surface area contributed by atoms with Crippen LogP contribution < -0.4 is 0 Å². The number of halogens is 1. The van der Waals surface area contributed by atoms with E-state index in [0.717, 1.165) is 19.6 Å². The summed E-state index contributed by atoms with van der Waals surface area (Å²) in [6, 6.07) is 9.60. The van der Waals surface area contributed by atoms with Gasteiger partial charge in [-0.2, -0.15) is 0 Å². The molecule has 1 amide bonds. The van der Waals surface area contributed by atoms with Crippen LogP contribution in [-0.2, 0) is 14.3 Å². The number of carbonyl (C=O) groups excluding carboxylic acids is 2. The van der Waals surface area contributed by atoms with Crippen LogP contribution in [0.15, 0.2) is 54.2 Å². The van der Waals surface area contributed by atoms with Crippen LogP contribution in [0.5, 0.6) is 0 Å². The molecule has 31 heavy (non-hydrogen) atoms. The molecule has 4 rings (SSSR count). The number of rotatable bonds is 6. The molecule has 0 spiro atoms. The number of carbonyl (C=O) groups is 2. The molecule has 2 aliphatic heterocycles. The van der Waals surface area contributed by atoms with Crippen molar-refractivity contribution in [1.82, 2.24) is 14.8 Å². The number of pyridine rings is 1. The molecule has 8 heteroatoms. The number of hydrogen-bond acceptors (Lipinski definition) is 6. The molecule has 2 aliphatic rings. The summed E-state index contributed by atoms with van der Waals surface area (Å²) in [6.45, 7) is 4.19. The van der Waals surface area contributed by atoms with Gasteiger partial charge in [-0.25, -0.2) is 4.39 Å². The van der Waals surface area contributed by atoms with Gasteiger partial charge >= 0.3 is 0 Å². The van der Waals surface area contributed by atoms with Gasteiger partial charge in [0.15, 0.2) is 0 Å². The van der Waals surface area contributed by atoms with Gasteiger partial charge in [0, 0.05) is 37.9 Å². The van der Waals surface area contributed by atoms with E-state index in [9.17, 15) is 19.1 Å². The zero-order valence-electron chi connectivity index (χ0n) is 17.0. The van der Waals surface area contributed by atoms with Crippen LogP contribution in [0, 0.1) is 5.82 Å². The first-order chi connectivity index (χ1) is 15.1. The first kappa shape index (κ1) is 21.1. The highest BCUT2D eigenvalue weighted by Gasteiger charge is 2.46. The minimum Gasteiger partial charge on any atom is -0.507 e. The van der Waals surface area contributed by atoms with Gasteiger partial charge in [0.25, 0.3) is 11.7 Å². The molecule has 0 bridgehead atoms. The molecule has 2 fully saturated rings. The predicted molar refractivity (Wildman–Crippen MR) is 112 cm³/mol. The SMILES string of the molecule is O=C1C(=O)N(CCCN2CCOCC2)C(c2ccccn2)C1=C(O)c1ccc(F)cc1. The number of ketones is 1. The van der Waals surface area contributed by atoms with Crippen LogP contribution in [0.2, 0.25) is 0 Å². The van der Waals surface area contributed by atoms with Crippen molar-refractivity contribution in [2.24, 2.45) is 0 Å². The molecule has 162 valence electrons. The maximum atomic E-state index is 13.3. The quantitative estimate of drug-likeness (QED) is 0.435. The molecule has 2 saturated heterocycles. The van der Waals surface area contributed by atoms with E-state index in [0.29, 0.717) is 31.9 Å². The fraction of sp³-hybridized carbons (Fsp3) is 0.348. The van der Waals surface area contributed by atoms with E-state index in [1.807, 2.05) is 0 Å². The number of aliphatic hydroxyl groups excluding tert-OH is 1. The van der Waals surface area contributed by atoms with Gasteiger partial charge in [0.05, 0.1) is 24.5 Å². The molecule has 1 unspecified atom stereocenters. The van der Waals surface area contributed by atoms with E-state index in [-0.39, 0.29) is 16.9 Å². The Morgan fingerprint density at radius 3 is 2.52 bits per heavy atom. The Labute approximate surface area is 179 Å². The molecule has 0 radical (unpaired) electrons. The Morgan fingerprint density at radius 1 is 1.10 bits per heavy atom. The maximum absolute atomic E-state index is 13.3. The second-order valence-electron chi connectivity index (χ2n) is 7.56. The Balaban J connectivity index is 1.64. The summed E-state index contributed by atoms with van der Waals surface area (Å²) in [5, 5.41) is 10.9. The van der Waals surface area contributed by atoms with Crippen molar-refractivity contribution in [2.75, 3.05) is 39.4 Å². The lowest BCUT2D eigenvalue weighted by Gasteiger charge is -2.28. The number of aromatic nitrogens is 1. The number of hydrogen-bond donors (Lipinski definition) is 1. The third-order valence-corrected chi connectivity index (χ3v) is 5.60. The Kier molecular flexibility index (Phi) is 6.39. The van der Waals surface area contributed by atoms with Crippen molar-refractivity contribution < 1.29 is 23.8 Å². The largest absolute Gasteiger partial charge is 0.507 e. The first-order valence-corrected chi connectivity index (χ1v) is 10.3. The summed E-state index contributed by atoms with van der Waals surface area (Å²) in [7, 11) is 0. The minimum atomic E-state index is -0.795. The highest BCUT2D eigenvalue weighted by atomic mass is 19.1. The molecule has 1 aromatic carbocycles. The van der Waals surface area contributed by atoms with E-state index in [2.05, 4.69) is 9.88 Å². The second-order valence-corrected chi connectivity index (χ2v) is 7.56. The van der Waals surface area contributed by atoms with E-state index in [1.165, 1.54) is 29.2 Å². The summed E-state index contributed by atoms with van der Waals surface area (Å²) in [5.74, 6) is -2.21. The average molecular weight is 425 g/mol. The third-order valence-electron chi connectivity index (χ3n) is 5.60. The minimum absolute atomic E-state index is 0.0262. The number of ether oxygens (including phenoxy) is 1. The number of benzene rings is 1. The summed E-state index contributed by atoms with van der Waals surface area (Å²) < 4.78 is 18.7. The topological polar surface area (TPSA) is 83.0 Å². The van der Waals surface area contributed by atoms with Crippen molar-refractivity contribution >= 4 is 17.4 Å². The smallest absolute Gasteiger partial charge is 0.295 e. The van der Waals surface area contributed by atoms with Crippen molar-refractivity contribution in [3.8, 4) is 0 Å². The van der Waals surface area contributed by atoms with Gasteiger partial charge in [-0.05, 0) is 42.8 Å². The first-order valence-electron chi connectivity index (χ1n) is 10.3. The van der Waals surface area contributed by atoms with Crippen LogP contribution in [0.1, 0.15) is 23.7 Å². The zero-order chi connectivity index (χ0) is 21.8. The lowest BCUT2D eigenvalue weighted by atomic mass is 9.98. The van der Waals surface area contributed by atoms with Crippen molar-refractivity contribution in [3.63, 3.8) is 0 Å². The Bertz CT molecular complexity index is 972. The van der Waals surface area contributed by atoms with Crippen molar-refractivity contribution in [3.05, 3.63) is 71.3 Å². The predicted octanol–water partition coefficient (Wildman–Crippen LogP) is 2.36. The molecule has 1 N–H and O–H groups in total. The van der Waals surface area contributed by atoms with Gasteiger partial charge in [0.1, 0.15) is 17.6 Å². The normalized spacial score (nSPS) is 21.6. The van der Waals surface area contributed by atoms with Crippen LogP contribution in [0.25, 0.3) is 5.76 Å². The Morgan fingerprint density at radius 2 is 1.84 bits per heavy atom. The number of likely N-dealkylation sites (tertiary alicyclic amines) is 1. The molecular formula is C23H24FN3O4. The molecular weight excluding hydrogens is 401 g/mol. The van der Waals surface area contributed by atoms with Gasteiger partial charge in [0.2, 0.25) is 0 Å². The van der Waals surface area contributed by atoms with Crippen LogP contribution in [0.4, 0.5) is 4.39 Å². The molecule has 3 heterocycles. The summed E-state index contributed by atoms with van der Waals surface area (Å²) in [5.41, 5.74) is 0.743. The number of Topliss-reactive ketones (excluding diaryl/α,β-unsaturated/α-hetero) is 1. The number of morpholine rings is 1. The van der Waals surface area contributed by atoms with E-state index >= 15 is 0 Å². The number of amides is 1. The molecule has 1 atom stereocenters. The van der Waals surface area contributed by atoms with Crippen molar-refractivity contribution in [2.45, 2.75) is 12.5 Å². The van der Waals surface area contributed by atoms with Crippen LogP contribution in [-0.4, -0.2) is 71.0 Å². The monoisotopic (exact) mass is 425 g/mol. The number of nitrogens with zero attached hydrogens (tertiary/aromatic N) is 3. The summed E-state index contributed by atoms with van der Waals surface area (Å²) in [6.07, 6.45) is 2.26. The van der Waals surface area contributed by atoms with E-state index in [1.54, 1.807) is 24.4 Å². The second kappa shape index (κ2) is 9.36. The lowest BCUT2D eigenvalue weighted by molar-refractivity contribution is -0.140. The highest BCUT2D eigenvalue weighted by Crippen LogP contribution is 2.38. The van der Waals surface area contributed by atoms with Crippen LogP contribution in [0.3, 0.4) is 0 Å². The van der Waals surface area contributed by atoms with E-state index in [4.69, 9.17) is 4.74 Å². The van der Waals surface area contributed by atoms with Gasteiger partial charge in [-0.3, -0.25) is 19.5 Å².